The topological polar surface area (TPSA) is 66.5 Å². The first-order valence-electron chi connectivity index (χ1n) is 11.1. The summed E-state index contributed by atoms with van der Waals surface area (Å²) in [6.07, 6.45) is 6.96. The number of likely N-dealkylation sites (tertiary alicyclic amines) is 1. The minimum absolute atomic E-state index is 0.225. The van der Waals surface area contributed by atoms with Crippen LogP contribution in [-0.4, -0.2) is 65.4 Å². The van der Waals surface area contributed by atoms with E-state index in [4.69, 9.17) is 23.7 Å². The largest absolute Gasteiger partial charge is 0.496 e. The molecule has 7 heteroatoms. The lowest BCUT2D eigenvalue weighted by Crippen LogP contribution is -2.33. The first-order valence-corrected chi connectivity index (χ1v) is 11.1. The monoisotopic (exact) mass is 455 g/mol. The predicted molar refractivity (Wildman–Crippen MR) is 128 cm³/mol. The molecule has 33 heavy (non-hydrogen) atoms. The number of hydrogen-bond donors (Lipinski definition) is 0. The maximum Gasteiger partial charge on any atom is 0.193 e. The number of hydrogen-bond acceptors (Lipinski definition) is 7. The Labute approximate surface area is 195 Å². The van der Waals surface area contributed by atoms with Crippen molar-refractivity contribution in [3.05, 3.63) is 47.5 Å². The summed E-state index contributed by atoms with van der Waals surface area (Å²) in [6.45, 7) is 3.47. The Morgan fingerprint density at radius 3 is 2.21 bits per heavy atom. The van der Waals surface area contributed by atoms with Gasteiger partial charge in [-0.3, -0.25) is 9.69 Å². The highest BCUT2D eigenvalue weighted by Gasteiger charge is 2.20. The quantitative estimate of drug-likeness (QED) is 0.366. The van der Waals surface area contributed by atoms with Gasteiger partial charge in [0.15, 0.2) is 17.3 Å². The van der Waals surface area contributed by atoms with E-state index in [0.29, 0.717) is 40.9 Å². The van der Waals surface area contributed by atoms with Crippen molar-refractivity contribution in [2.45, 2.75) is 19.3 Å². The first kappa shape index (κ1) is 24.5. The van der Waals surface area contributed by atoms with Crippen molar-refractivity contribution in [3.8, 4) is 28.7 Å². The van der Waals surface area contributed by atoms with Gasteiger partial charge in [0, 0.05) is 18.7 Å². The average Bonchev–Trinajstić information content (AvgIpc) is 2.87. The molecule has 178 valence electrons. The van der Waals surface area contributed by atoms with Crippen LogP contribution in [-0.2, 0) is 0 Å². The molecule has 0 saturated carbocycles. The van der Waals surface area contributed by atoms with E-state index in [1.54, 1.807) is 45.6 Å². The first-order chi connectivity index (χ1) is 16.1. The lowest BCUT2D eigenvalue weighted by atomic mass is 10.1. The number of piperidine rings is 1. The fraction of sp³-hybridized carbons (Fsp3) is 0.423. The van der Waals surface area contributed by atoms with Crippen LogP contribution in [0.25, 0.3) is 6.08 Å². The van der Waals surface area contributed by atoms with Crippen LogP contribution < -0.4 is 23.7 Å². The van der Waals surface area contributed by atoms with Gasteiger partial charge in [0.05, 0.1) is 28.4 Å². The molecule has 0 aromatic heterocycles. The van der Waals surface area contributed by atoms with E-state index in [9.17, 15) is 4.79 Å². The third kappa shape index (κ3) is 6.42. The molecule has 2 aromatic carbocycles. The van der Waals surface area contributed by atoms with E-state index >= 15 is 0 Å². The highest BCUT2D eigenvalue weighted by atomic mass is 16.5. The summed E-state index contributed by atoms with van der Waals surface area (Å²) in [6, 6.07) is 8.88. The Hall–Kier alpha value is -3.19. The van der Waals surface area contributed by atoms with Crippen LogP contribution in [0.2, 0.25) is 0 Å². The number of ketones is 1. The highest BCUT2D eigenvalue weighted by molar-refractivity contribution is 6.10. The maximum atomic E-state index is 13.2. The van der Waals surface area contributed by atoms with Gasteiger partial charge in [0.2, 0.25) is 0 Å². The van der Waals surface area contributed by atoms with E-state index in [1.165, 1.54) is 32.4 Å². The lowest BCUT2D eigenvalue weighted by Gasteiger charge is -2.26. The molecule has 0 amide bonds. The Bertz CT molecular complexity index is 965. The van der Waals surface area contributed by atoms with Crippen LogP contribution >= 0.6 is 0 Å². The van der Waals surface area contributed by atoms with Crippen LogP contribution in [0.5, 0.6) is 28.7 Å². The van der Waals surface area contributed by atoms with Gasteiger partial charge in [-0.05, 0) is 49.7 Å². The van der Waals surface area contributed by atoms with E-state index in [-0.39, 0.29) is 5.78 Å². The zero-order valence-electron chi connectivity index (χ0n) is 19.9. The second kappa shape index (κ2) is 12.2. The summed E-state index contributed by atoms with van der Waals surface area (Å²) in [4.78, 5) is 15.6. The van der Waals surface area contributed by atoms with Gasteiger partial charge < -0.3 is 23.7 Å². The molecule has 0 atom stereocenters. The van der Waals surface area contributed by atoms with E-state index in [0.717, 1.165) is 25.2 Å². The van der Waals surface area contributed by atoms with Crippen molar-refractivity contribution >= 4 is 11.9 Å². The van der Waals surface area contributed by atoms with Gasteiger partial charge in [-0.1, -0.05) is 18.6 Å². The van der Waals surface area contributed by atoms with Gasteiger partial charge >= 0.3 is 0 Å². The van der Waals surface area contributed by atoms with Crippen molar-refractivity contribution in [2.24, 2.45) is 0 Å². The normalized spacial score (nSPS) is 14.2. The molecule has 1 saturated heterocycles. The van der Waals surface area contributed by atoms with Crippen molar-refractivity contribution in [2.75, 3.05) is 54.7 Å². The van der Waals surface area contributed by atoms with Gasteiger partial charge in [0.25, 0.3) is 0 Å². The molecule has 0 unspecified atom stereocenters. The van der Waals surface area contributed by atoms with Crippen LogP contribution in [0.3, 0.4) is 0 Å². The zero-order valence-corrected chi connectivity index (χ0v) is 19.9. The lowest BCUT2D eigenvalue weighted by molar-refractivity contribution is 0.103. The third-order valence-electron chi connectivity index (χ3n) is 5.69. The fourth-order valence-corrected chi connectivity index (χ4v) is 3.88. The summed E-state index contributed by atoms with van der Waals surface area (Å²) < 4.78 is 27.6. The van der Waals surface area contributed by atoms with E-state index < -0.39 is 0 Å². The number of ether oxygens (including phenoxy) is 5. The fourth-order valence-electron chi connectivity index (χ4n) is 3.88. The molecule has 3 rings (SSSR count). The molecule has 0 spiro atoms. The maximum absolute atomic E-state index is 13.2. The number of rotatable bonds is 11. The van der Waals surface area contributed by atoms with Gasteiger partial charge in [-0.25, -0.2) is 0 Å². The SMILES string of the molecule is COc1cc(OC)c(C(=O)C=Cc2ccc(OC)c(OC)c2)c(OCCN2CCCCC2)c1. The Morgan fingerprint density at radius 2 is 1.55 bits per heavy atom. The molecular weight excluding hydrogens is 422 g/mol. The Morgan fingerprint density at radius 1 is 0.848 bits per heavy atom. The molecular formula is C26H33NO6. The summed E-state index contributed by atoms with van der Waals surface area (Å²) in [5.74, 6) is 2.42. The van der Waals surface area contributed by atoms with Crippen LogP contribution in [0.4, 0.5) is 0 Å². The van der Waals surface area contributed by atoms with Crippen molar-refractivity contribution in [1.29, 1.82) is 0 Å². The van der Waals surface area contributed by atoms with E-state index in [2.05, 4.69) is 4.90 Å². The van der Waals surface area contributed by atoms with Gasteiger partial charge in [-0.2, -0.15) is 0 Å². The van der Waals surface area contributed by atoms with Crippen LogP contribution in [0, 0.1) is 0 Å². The van der Waals surface area contributed by atoms with Crippen molar-refractivity contribution in [3.63, 3.8) is 0 Å². The number of carbonyl (C=O) groups excluding carboxylic acids is 1. The number of allylic oxidation sites excluding steroid dienone is 1. The highest BCUT2D eigenvalue weighted by Crippen LogP contribution is 2.35. The molecule has 1 aliphatic rings. The average molecular weight is 456 g/mol. The second-order valence-electron chi connectivity index (χ2n) is 7.77. The minimum atomic E-state index is -0.225. The van der Waals surface area contributed by atoms with Gasteiger partial charge in [-0.15, -0.1) is 0 Å². The minimum Gasteiger partial charge on any atom is -0.496 e. The standard InChI is InChI=1S/C26H33NO6/c1-29-20-17-24(32-4)26(25(18-20)33-15-14-27-12-6-5-7-13-27)21(28)10-8-19-9-11-22(30-2)23(16-19)31-3/h8-11,16-18H,5-7,12-15H2,1-4H3. The third-order valence-corrected chi connectivity index (χ3v) is 5.69. The molecule has 0 bridgehead atoms. The summed E-state index contributed by atoms with van der Waals surface area (Å²) >= 11 is 0. The molecule has 0 N–H and O–H groups in total. The summed E-state index contributed by atoms with van der Waals surface area (Å²) in [5.41, 5.74) is 1.18. The second-order valence-corrected chi connectivity index (χ2v) is 7.77. The van der Waals surface area contributed by atoms with Crippen LogP contribution in [0.1, 0.15) is 35.2 Å². The summed E-state index contributed by atoms with van der Waals surface area (Å²) in [5, 5.41) is 0. The van der Waals surface area contributed by atoms with Gasteiger partial charge in [0.1, 0.15) is 29.4 Å². The molecule has 0 aliphatic carbocycles. The number of carbonyl (C=O) groups is 1. The molecule has 7 nitrogen and oxygen atoms in total. The zero-order chi connectivity index (χ0) is 23.6. The van der Waals surface area contributed by atoms with Crippen molar-refractivity contribution < 1.29 is 28.5 Å². The molecule has 1 fully saturated rings. The smallest absolute Gasteiger partial charge is 0.193 e. The van der Waals surface area contributed by atoms with E-state index in [1.807, 2.05) is 12.1 Å². The Balaban J connectivity index is 1.81. The molecule has 1 aliphatic heterocycles. The predicted octanol–water partition coefficient (Wildman–Crippen LogP) is 4.48. The number of nitrogens with zero attached hydrogens (tertiary/aromatic N) is 1. The Kier molecular flexibility index (Phi) is 9.01. The molecule has 0 radical (unpaired) electrons. The summed E-state index contributed by atoms with van der Waals surface area (Å²) in [7, 11) is 6.26. The number of benzene rings is 2. The molecule has 1 heterocycles. The molecule has 2 aromatic rings. The van der Waals surface area contributed by atoms with Crippen molar-refractivity contribution in [1.82, 2.24) is 4.90 Å². The number of methoxy groups -OCH3 is 4. The van der Waals surface area contributed by atoms with Crippen LogP contribution in [0.15, 0.2) is 36.4 Å².